The van der Waals surface area contributed by atoms with Crippen LogP contribution in [0.3, 0.4) is 0 Å². The summed E-state index contributed by atoms with van der Waals surface area (Å²) < 4.78 is 5.70. The molecular formula is C18H24N2O. The van der Waals surface area contributed by atoms with Gasteiger partial charge in [0.05, 0.1) is 12.3 Å². The highest BCUT2D eigenvalue weighted by Crippen LogP contribution is 2.24. The van der Waals surface area contributed by atoms with Crippen LogP contribution < -0.4 is 10.1 Å². The molecule has 112 valence electrons. The molecule has 1 atom stereocenters. The van der Waals surface area contributed by atoms with Gasteiger partial charge in [0.2, 0.25) is 0 Å². The van der Waals surface area contributed by atoms with Crippen LogP contribution in [0.25, 0.3) is 11.1 Å². The summed E-state index contributed by atoms with van der Waals surface area (Å²) in [5.74, 6) is 0.813. The van der Waals surface area contributed by atoms with Crippen molar-refractivity contribution in [3.63, 3.8) is 0 Å². The molecule has 1 heterocycles. The molecule has 1 N–H and O–H groups in total. The second-order valence-electron chi connectivity index (χ2n) is 5.48. The first-order valence-corrected chi connectivity index (χ1v) is 7.55. The van der Waals surface area contributed by atoms with E-state index in [0.29, 0.717) is 6.04 Å². The lowest BCUT2D eigenvalue weighted by Crippen LogP contribution is -2.17. The molecule has 2 rings (SSSR count). The standard InChI is InChI=1S/C18H24N2O/c1-5-20-14(4)15-6-8-16(9-7-15)17-10-18(12-19-11-17)21-13(2)3/h6-14,20H,5H2,1-4H3. The van der Waals surface area contributed by atoms with Gasteiger partial charge in [0.15, 0.2) is 0 Å². The highest BCUT2D eigenvalue weighted by Gasteiger charge is 2.06. The number of aromatic nitrogens is 1. The number of rotatable bonds is 6. The van der Waals surface area contributed by atoms with Crippen molar-refractivity contribution < 1.29 is 4.74 Å². The molecule has 2 aromatic rings. The minimum atomic E-state index is 0.158. The summed E-state index contributed by atoms with van der Waals surface area (Å²) in [5, 5.41) is 3.42. The highest BCUT2D eigenvalue weighted by atomic mass is 16.5. The Morgan fingerprint density at radius 2 is 1.76 bits per heavy atom. The molecule has 3 nitrogen and oxygen atoms in total. The summed E-state index contributed by atoms with van der Waals surface area (Å²) in [6.45, 7) is 9.31. The molecule has 0 aliphatic carbocycles. The first kappa shape index (κ1) is 15.5. The van der Waals surface area contributed by atoms with Crippen molar-refractivity contribution in [1.82, 2.24) is 10.3 Å². The van der Waals surface area contributed by atoms with Gasteiger partial charge < -0.3 is 10.1 Å². The minimum Gasteiger partial charge on any atom is -0.489 e. The minimum absolute atomic E-state index is 0.158. The molecule has 3 heteroatoms. The third-order valence-corrected chi connectivity index (χ3v) is 3.34. The Kier molecular flexibility index (Phi) is 5.34. The van der Waals surface area contributed by atoms with Gasteiger partial charge in [-0.15, -0.1) is 0 Å². The molecule has 1 aromatic carbocycles. The monoisotopic (exact) mass is 284 g/mol. The van der Waals surface area contributed by atoms with E-state index in [1.54, 1.807) is 6.20 Å². The number of hydrogen-bond donors (Lipinski definition) is 1. The van der Waals surface area contributed by atoms with Gasteiger partial charge in [0.1, 0.15) is 5.75 Å². The van der Waals surface area contributed by atoms with E-state index in [2.05, 4.69) is 48.4 Å². The largest absolute Gasteiger partial charge is 0.489 e. The van der Waals surface area contributed by atoms with E-state index >= 15 is 0 Å². The molecule has 0 fully saturated rings. The fraction of sp³-hybridized carbons (Fsp3) is 0.389. The van der Waals surface area contributed by atoms with E-state index in [9.17, 15) is 0 Å². The van der Waals surface area contributed by atoms with E-state index < -0.39 is 0 Å². The molecule has 0 radical (unpaired) electrons. The van der Waals surface area contributed by atoms with E-state index in [0.717, 1.165) is 23.4 Å². The zero-order chi connectivity index (χ0) is 15.2. The number of hydrogen-bond acceptors (Lipinski definition) is 3. The average Bonchev–Trinajstić information content (AvgIpc) is 2.47. The second kappa shape index (κ2) is 7.23. The van der Waals surface area contributed by atoms with Crippen molar-refractivity contribution in [2.24, 2.45) is 0 Å². The summed E-state index contributed by atoms with van der Waals surface area (Å²) in [6.07, 6.45) is 3.78. The number of nitrogens with zero attached hydrogens (tertiary/aromatic N) is 1. The van der Waals surface area contributed by atoms with E-state index in [4.69, 9.17) is 4.74 Å². The Bertz CT molecular complexity index is 564. The molecule has 0 aliphatic rings. The van der Waals surface area contributed by atoms with Gasteiger partial charge >= 0.3 is 0 Å². The van der Waals surface area contributed by atoms with Crippen molar-refractivity contribution in [2.75, 3.05) is 6.54 Å². The van der Waals surface area contributed by atoms with Crippen molar-refractivity contribution in [3.8, 4) is 16.9 Å². The first-order chi connectivity index (χ1) is 10.1. The number of ether oxygens (including phenoxy) is 1. The number of benzene rings is 1. The molecule has 0 spiro atoms. The lowest BCUT2D eigenvalue weighted by molar-refractivity contribution is 0.241. The normalized spacial score (nSPS) is 12.4. The third-order valence-electron chi connectivity index (χ3n) is 3.34. The molecule has 0 amide bonds. The van der Waals surface area contributed by atoms with E-state index in [1.807, 2.05) is 26.1 Å². The Morgan fingerprint density at radius 1 is 1.05 bits per heavy atom. The molecule has 0 aliphatic heterocycles. The maximum absolute atomic E-state index is 5.70. The molecule has 0 bridgehead atoms. The predicted molar refractivity (Wildman–Crippen MR) is 87.5 cm³/mol. The zero-order valence-corrected chi connectivity index (χ0v) is 13.3. The van der Waals surface area contributed by atoms with Crippen LogP contribution in [0, 0.1) is 0 Å². The van der Waals surface area contributed by atoms with Crippen LogP contribution in [-0.4, -0.2) is 17.6 Å². The zero-order valence-electron chi connectivity index (χ0n) is 13.3. The van der Waals surface area contributed by atoms with Crippen LogP contribution in [0.2, 0.25) is 0 Å². The Morgan fingerprint density at radius 3 is 2.38 bits per heavy atom. The molecule has 1 unspecified atom stereocenters. The van der Waals surface area contributed by atoms with Crippen LogP contribution in [-0.2, 0) is 0 Å². The Hall–Kier alpha value is -1.87. The predicted octanol–water partition coefficient (Wildman–Crippen LogP) is 4.21. The molecule has 21 heavy (non-hydrogen) atoms. The summed E-state index contributed by atoms with van der Waals surface area (Å²) in [4.78, 5) is 4.26. The maximum Gasteiger partial charge on any atom is 0.138 e. The van der Waals surface area contributed by atoms with Crippen LogP contribution in [0.1, 0.15) is 39.3 Å². The van der Waals surface area contributed by atoms with Crippen LogP contribution in [0.4, 0.5) is 0 Å². The van der Waals surface area contributed by atoms with Crippen LogP contribution >= 0.6 is 0 Å². The van der Waals surface area contributed by atoms with Crippen LogP contribution in [0.5, 0.6) is 5.75 Å². The Balaban J connectivity index is 2.18. The average molecular weight is 284 g/mol. The summed E-state index contributed by atoms with van der Waals surface area (Å²) >= 11 is 0. The molecule has 0 saturated heterocycles. The topological polar surface area (TPSA) is 34.2 Å². The van der Waals surface area contributed by atoms with Gasteiger partial charge in [0.25, 0.3) is 0 Å². The van der Waals surface area contributed by atoms with E-state index in [-0.39, 0.29) is 6.10 Å². The van der Waals surface area contributed by atoms with Gasteiger partial charge in [-0.05, 0) is 44.5 Å². The van der Waals surface area contributed by atoms with Crippen molar-refractivity contribution in [1.29, 1.82) is 0 Å². The summed E-state index contributed by atoms with van der Waals surface area (Å²) in [7, 11) is 0. The molecule has 0 saturated carbocycles. The molecular weight excluding hydrogens is 260 g/mol. The lowest BCUT2D eigenvalue weighted by atomic mass is 10.0. The van der Waals surface area contributed by atoms with Gasteiger partial charge in [-0.3, -0.25) is 4.98 Å². The fourth-order valence-corrected chi connectivity index (χ4v) is 2.30. The quantitative estimate of drug-likeness (QED) is 0.863. The first-order valence-electron chi connectivity index (χ1n) is 7.55. The molecule has 1 aromatic heterocycles. The van der Waals surface area contributed by atoms with Crippen molar-refractivity contribution >= 4 is 0 Å². The third kappa shape index (κ3) is 4.30. The maximum atomic E-state index is 5.70. The fourth-order valence-electron chi connectivity index (χ4n) is 2.30. The van der Waals surface area contributed by atoms with Crippen LogP contribution in [0.15, 0.2) is 42.7 Å². The second-order valence-corrected chi connectivity index (χ2v) is 5.48. The Labute approximate surface area is 127 Å². The SMILES string of the molecule is CCNC(C)c1ccc(-c2cncc(OC(C)C)c2)cc1. The number of pyridine rings is 1. The van der Waals surface area contributed by atoms with Gasteiger partial charge in [-0.25, -0.2) is 0 Å². The van der Waals surface area contributed by atoms with Crippen molar-refractivity contribution in [3.05, 3.63) is 48.3 Å². The highest BCUT2D eigenvalue weighted by molar-refractivity contribution is 5.64. The smallest absolute Gasteiger partial charge is 0.138 e. The van der Waals surface area contributed by atoms with Gasteiger partial charge in [-0.1, -0.05) is 31.2 Å². The summed E-state index contributed by atoms with van der Waals surface area (Å²) in [6, 6.07) is 11.0. The summed E-state index contributed by atoms with van der Waals surface area (Å²) in [5.41, 5.74) is 3.53. The van der Waals surface area contributed by atoms with E-state index in [1.165, 1.54) is 5.56 Å². The van der Waals surface area contributed by atoms with Crippen molar-refractivity contribution in [2.45, 2.75) is 39.8 Å². The van der Waals surface area contributed by atoms with Gasteiger partial charge in [-0.2, -0.15) is 0 Å². The number of nitrogens with one attached hydrogen (secondary N) is 1. The lowest BCUT2D eigenvalue weighted by Gasteiger charge is -2.14. The van der Waals surface area contributed by atoms with Gasteiger partial charge in [0, 0.05) is 17.8 Å².